The molecule has 18 heavy (non-hydrogen) atoms. The molecular formula is C14H23NO2S. The number of nitrogens with one attached hydrogen (secondary N) is 1. The van der Waals surface area contributed by atoms with Gasteiger partial charge in [0.25, 0.3) is 0 Å². The predicted molar refractivity (Wildman–Crippen MR) is 77.4 cm³/mol. The van der Waals surface area contributed by atoms with Gasteiger partial charge in [-0.3, -0.25) is 4.21 Å². The lowest BCUT2D eigenvalue weighted by molar-refractivity contribution is 0.475. The zero-order valence-electron chi connectivity index (χ0n) is 11.2. The molecule has 0 aromatic heterocycles. The Balaban J connectivity index is 2.18. The Labute approximate surface area is 112 Å². The molecule has 0 saturated carbocycles. The fourth-order valence-corrected chi connectivity index (χ4v) is 2.35. The van der Waals surface area contributed by atoms with E-state index < -0.39 is 10.8 Å². The van der Waals surface area contributed by atoms with Crippen molar-refractivity contribution in [2.75, 3.05) is 18.1 Å². The average Bonchev–Trinajstić information content (AvgIpc) is 2.38. The van der Waals surface area contributed by atoms with Crippen molar-refractivity contribution < 1.29 is 9.32 Å². The molecule has 1 rings (SSSR count). The predicted octanol–water partition coefficient (Wildman–Crippen LogP) is 2.07. The van der Waals surface area contributed by atoms with E-state index in [0.29, 0.717) is 11.8 Å². The second-order valence-electron chi connectivity index (χ2n) is 4.49. The van der Waals surface area contributed by atoms with E-state index in [1.165, 1.54) is 5.56 Å². The maximum Gasteiger partial charge on any atom is 0.115 e. The molecule has 0 saturated heterocycles. The number of aryl methyl sites for hydroxylation is 1. The summed E-state index contributed by atoms with van der Waals surface area (Å²) in [6.45, 7) is 4.91. The summed E-state index contributed by atoms with van der Waals surface area (Å²) >= 11 is 0. The van der Waals surface area contributed by atoms with Gasteiger partial charge in [-0.1, -0.05) is 19.1 Å². The van der Waals surface area contributed by atoms with Gasteiger partial charge in [0.15, 0.2) is 0 Å². The standard InChI is InChI=1S/C14H23NO2S/c1-3-18(17)11-10-15-12(2)4-5-13-6-8-14(16)9-7-13/h6-9,12,15-16H,3-5,10-11H2,1-2H3. The van der Waals surface area contributed by atoms with E-state index in [-0.39, 0.29) is 0 Å². The number of hydrogen-bond acceptors (Lipinski definition) is 3. The molecule has 2 unspecified atom stereocenters. The monoisotopic (exact) mass is 269 g/mol. The van der Waals surface area contributed by atoms with Gasteiger partial charge in [-0.05, 0) is 37.5 Å². The van der Waals surface area contributed by atoms with Gasteiger partial charge in [0.05, 0.1) is 0 Å². The van der Waals surface area contributed by atoms with Crippen LogP contribution in [-0.4, -0.2) is 33.4 Å². The highest BCUT2D eigenvalue weighted by molar-refractivity contribution is 7.84. The first-order valence-corrected chi connectivity index (χ1v) is 7.97. The summed E-state index contributed by atoms with van der Waals surface area (Å²) < 4.78 is 11.3. The van der Waals surface area contributed by atoms with Crippen LogP contribution in [0.5, 0.6) is 5.75 Å². The molecule has 0 heterocycles. The van der Waals surface area contributed by atoms with Gasteiger partial charge >= 0.3 is 0 Å². The average molecular weight is 269 g/mol. The molecule has 1 aromatic rings. The Morgan fingerprint density at radius 1 is 1.33 bits per heavy atom. The minimum absolute atomic E-state index is 0.312. The lowest BCUT2D eigenvalue weighted by atomic mass is 10.1. The van der Waals surface area contributed by atoms with Crippen molar-refractivity contribution in [1.82, 2.24) is 5.32 Å². The van der Waals surface area contributed by atoms with Crippen molar-refractivity contribution in [2.45, 2.75) is 32.7 Å². The molecule has 0 fully saturated rings. The molecular weight excluding hydrogens is 246 g/mol. The van der Waals surface area contributed by atoms with Crippen molar-refractivity contribution in [2.24, 2.45) is 0 Å². The summed E-state index contributed by atoms with van der Waals surface area (Å²) in [5.74, 6) is 1.79. The van der Waals surface area contributed by atoms with Crippen LogP contribution in [0.15, 0.2) is 24.3 Å². The summed E-state index contributed by atoms with van der Waals surface area (Å²) in [6, 6.07) is 7.77. The fourth-order valence-electron chi connectivity index (χ4n) is 1.71. The maximum absolute atomic E-state index is 11.3. The highest BCUT2D eigenvalue weighted by atomic mass is 32.2. The number of phenolic OH excluding ortho intramolecular Hbond substituents is 1. The van der Waals surface area contributed by atoms with Gasteiger partial charge < -0.3 is 10.4 Å². The molecule has 2 N–H and O–H groups in total. The second-order valence-corrected chi connectivity index (χ2v) is 6.36. The third kappa shape index (κ3) is 6.17. The first kappa shape index (κ1) is 15.2. The molecule has 102 valence electrons. The molecule has 4 heteroatoms. The Morgan fingerprint density at radius 2 is 2.00 bits per heavy atom. The topological polar surface area (TPSA) is 49.3 Å². The van der Waals surface area contributed by atoms with Crippen molar-refractivity contribution in [3.8, 4) is 5.75 Å². The van der Waals surface area contributed by atoms with E-state index in [9.17, 15) is 9.32 Å². The Hall–Kier alpha value is -0.870. The van der Waals surface area contributed by atoms with Crippen molar-refractivity contribution in [3.05, 3.63) is 29.8 Å². The van der Waals surface area contributed by atoms with E-state index in [1.54, 1.807) is 12.1 Å². The largest absolute Gasteiger partial charge is 0.508 e. The molecule has 0 bridgehead atoms. The van der Waals surface area contributed by atoms with E-state index in [1.807, 2.05) is 19.1 Å². The number of hydrogen-bond donors (Lipinski definition) is 2. The Bertz CT molecular complexity index is 365. The van der Waals surface area contributed by atoms with Crippen LogP contribution in [0.1, 0.15) is 25.8 Å². The summed E-state index contributed by atoms with van der Waals surface area (Å²) in [5, 5.41) is 12.6. The summed E-state index contributed by atoms with van der Waals surface area (Å²) in [4.78, 5) is 0. The molecule has 2 atom stereocenters. The smallest absolute Gasteiger partial charge is 0.115 e. The fraction of sp³-hybridized carbons (Fsp3) is 0.571. The zero-order valence-corrected chi connectivity index (χ0v) is 12.0. The number of rotatable bonds is 8. The van der Waals surface area contributed by atoms with Gasteiger partial charge in [0, 0.05) is 34.9 Å². The lowest BCUT2D eigenvalue weighted by Gasteiger charge is -2.13. The molecule has 0 aliphatic carbocycles. The lowest BCUT2D eigenvalue weighted by Crippen LogP contribution is -2.30. The number of phenols is 1. The summed E-state index contributed by atoms with van der Waals surface area (Å²) in [5.41, 5.74) is 1.23. The van der Waals surface area contributed by atoms with Crippen LogP contribution in [0.2, 0.25) is 0 Å². The minimum atomic E-state index is -0.676. The van der Waals surface area contributed by atoms with Gasteiger partial charge in [0.1, 0.15) is 5.75 Å². The van der Waals surface area contributed by atoms with Crippen LogP contribution in [0.25, 0.3) is 0 Å². The molecule has 0 amide bonds. The zero-order chi connectivity index (χ0) is 13.4. The normalized spacial score (nSPS) is 14.3. The minimum Gasteiger partial charge on any atom is -0.508 e. The van der Waals surface area contributed by atoms with Gasteiger partial charge in [-0.25, -0.2) is 0 Å². The third-order valence-corrected chi connectivity index (χ3v) is 4.25. The van der Waals surface area contributed by atoms with E-state index in [4.69, 9.17) is 0 Å². The first-order valence-electron chi connectivity index (χ1n) is 6.48. The Kier molecular flexibility index (Phi) is 6.98. The van der Waals surface area contributed by atoms with Crippen LogP contribution in [0.4, 0.5) is 0 Å². The molecule has 0 spiro atoms. The maximum atomic E-state index is 11.3. The molecule has 3 nitrogen and oxygen atoms in total. The van der Waals surface area contributed by atoms with Gasteiger partial charge in [0.2, 0.25) is 0 Å². The van der Waals surface area contributed by atoms with E-state index in [0.717, 1.165) is 30.9 Å². The van der Waals surface area contributed by atoms with Crippen LogP contribution >= 0.6 is 0 Å². The number of aromatic hydroxyl groups is 1. The summed E-state index contributed by atoms with van der Waals surface area (Å²) in [7, 11) is -0.676. The van der Waals surface area contributed by atoms with Crippen LogP contribution < -0.4 is 5.32 Å². The van der Waals surface area contributed by atoms with Crippen LogP contribution in [-0.2, 0) is 17.2 Å². The third-order valence-electron chi connectivity index (χ3n) is 2.95. The number of benzene rings is 1. The second kappa shape index (κ2) is 8.27. The van der Waals surface area contributed by atoms with E-state index in [2.05, 4.69) is 12.2 Å². The van der Waals surface area contributed by atoms with Crippen LogP contribution in [0, 0.1) is 0 Å². The SMILES string of the molecule is CCS(=O)CCNC(C)CCc1ccc(O)cc1. The highest BCUT2D eigenvalue weighted by Gasteiger charge is 2.03. The van der Waals surface area contributed by atoms with E-state index >= 15 is 0 Å². The van der Waals surface area contributed by atoms with Crippen LogP contribution in [0.3, 0.4) is 0 Å². The Morgan fingerprint density at radius 3 is 2.61 bits per heavy atom. The molecule has 1 aromatic carbocycles. The quantitative estimate of drug-likeness (QED) is 0.759. The molecule has 0 aliphatic heterocycles. The first-order chi connectivity index (χ1) is 8.61. The molecule has 0 aliphatic rings. The van der Waals surface area contributed by atoms with Gasteiger partial charge in [-0.15, -0.1) is 0 Å². The van der Waals surface area contributed by atoms with Crippen molar-refractivity contribution >= 4 is 10.8 Å². The van der Waals surface area contributed by atoms with Crippen molar-refractivity contribution in [3.63, 3.8) is 0 Å². The van der Waals surface area contributed by atoms with Crippen molar-refractivity contribution in [1.29, 1.82) is 0 Å². The molecule has 0 radical (unpaired) electrons. The van der Waals surface area contributed by atoms with Gasteiger partial charge in [-0.2, -0.15) is 0 Å². The summed E-state index contributed by atoms with van der Waals surface area (Å²) in [6.07, 6.45) is 2.04. The highest BCUT2D eigenvalue weighted by Crippen LogP contribution is 2.11.